The summed E-state index contributed by atoms with van der Waals surface area (Å²) >= 11 is 6.13. The van der Waals surface area contributed by atoms with Gasteiger partial charge in [0.15, 0.2) is 11.5 Å². The minimum Gasteiger partial charge on any atom is -0.489 e. The Labute approximate surface area is 99.8 Å². The van der Waals surface area contributed by atoms with Crippen LogP contribution in [0.15, 0.2) is 18.2 Å². The van der Waals surface area contributed by atoms with E-state index in [1.807, 2.05) is 24.3 Å². The predicted molar refractivity (Wildman–Crippen MR) is 65.1 cm³/mol. The number of fused-ring (bicyclic) bond motifs is 1. The molecule has 2 N–H and O–H groups in total. The molecular formula is C12H14ClNO2. The van der Waals surface area contributed by atoms with Gasteiger partial charge in [0.25, 0.3) is 0 Å². The molecule has 0 aliphatic carbocycles. The lowest BCUT2D eigenvalue weighted by Crippen LogP contribution is -1.97. The van der Waals surface area contributed by atoms with Gasteiger partial charge in [0, 0.05) is 13.0 Å². The molecule has 0 spiro atoms. The molecule has 1 aliphatic rings. The second-order valence-corrected chi connectivity index (χ2v) is 3.93. The highest BCUT2D eigenvalue weighted by atomic mass is 35.5. The maximum atomic E-state index is 6.13. The lowest BCUT2D eigenvalue weighted by atomic mass is 10.2. The van der Waals surface area contributed by atoms with Gasteiger partial charge in [-0.25, -0.2) is 0 Å². The summed E-state index contributed by atoms with van der Waals surface area (Å²) in [4.78, 5) is 0. The second kappa shape index (κ2) is 5.23. The molecule has 2 rings (SSSR count). The van der Waals surface area contributed by atoms with Gasteiger partial charge >= 0.3 is 0 Å². The highest BCUT2D eigenvalue weighted by Crippen LogP contribution is 2.38. The first-order valence-electron chi connectivity index (χ1n) is 5.27. The van der Waals surface area contributed by atoms with E-state index in [0.29, 0.717) is 36.3 Å². The fourth-order valence-corrected chi connectivity index (χ4v) is 1.82. The molecule has 0 fully saturated rings. The van der Waals surface area contributed by atoms with Crippen molar-refractivity contribution in [1.82, 2.24) is 0 Å². The van der Waals surface area contributed by atoms with Gasteiger partial charge in [-0.05, 0) is 17.7 Å². The lowest BCUT2D eigenvalue weighted by molar-refractivity contribution is 0.297. The standard InChI is InChI=1S/C12H14ClNO2/c13-10-7-9(3-1-4-14)8-11-12(10)16-6-2-5-15-11/h1,3,7-8H,2,4-6,14H2/b3-1+. The van der Waals surface area contributed by atoms with Crippen LogP contribution in [0.5, 0.6) is 11.5 Å². The first-order chi connectivity index (χ1) is 7.81. The smallest absolute Gasteiger partial charge is 0.179 e. The third kappa shape index (κ3) is 2.49. The Morgan fingerprint density at radius 3 is 2.94 bits per heavy atom. The second-order valence-electron chi connectivity index (χ2n) is 3.52. The zero-order valence-electron chi connectivity index (χ0n) is 8.91. The van der Waals surface area contributed by atoms with Crippen LogP contribution in [-0.4, -0.2) is 19.8 Å². The molecule has 4 heteroatoms. The van der Waals surface area contributed by atoms with E-state index in [1.165, 1.54) is 0 Å². The topological polar surface area (TPSA) is 44.5 Å². The lowest BCUT2D eigenvalue weighted by Gasteiger charge is -2.09. The molecule has 1 aliphatic heterocycles. The van der Waals surface area contributed by atoms with Crippen molar-refractivity contribution in [3.05, 3.63) is 28.8 Å². The van der Waals surface area contributed by atoms with Gasteiger partial charge in [0.2, 0.25) is 0 Å². The van der Waals surface area contributed by atoms with Gasteiger partial charge in [-0.2, -0.15) is 0 Å². The number of ether oxygens (including phenoxy) is 2. The fourth-order valence-electron chi connectivity index (χ4n) is 1.55. The van der Waals surface area contributed by atoms with Crippen molar-refractivity contribution in [2.45, 2.75) is 6.42 Å². The first kappa shape index (κ1) is 11.3. The van der Waals surface area contributed by atoms with E-state index < -0.39 is 0 Å². The van der Waals surface area contributed by atoms with Crippen molar-refractivity contribution < 1.29 is 9.47 Å². The Bertz CT molecular complexity index is 404. The Balaban J connectivity index is 2.35. The maximum Gasteiger partial charge on any atom is 0.179 e. The SMILES string of the molecule is NC/C=C/c1cc(Cl)c2c(c1)OCCCO2. The third-order valence-electron chi connectivity index (χ3n) is 2.27. The Morgan fingerprint density at radius 1 is 1.31 bits per heavy atom. The normalized spacial score (nSPS) is 15.1. The average molecular weight is 240 g/mol. The Morgan fingerprint density at radius 2 is 2.12 bits per heavy atom. The molecule has 16 heavy (non-hydrogen) atoms. The molecule has 86 valence electrons. The number of nitrogens with two attached hydrogens (primary N) is 1. The largest absolute Gasteiger partial charge is 0.489 e. The number of halogens is 1. The summed E-state index contributed by atoms with van der Waals surface area (Å²) < 4.78 is 11.1. The molecule has 3 nitrogen and oxygen atoms in total. The molecule has 0 radical (unpaired) electrons. The molecule has 1 aromatic carbocycles. The van der Waals surface area contributed by atoms with Crippen molar-refractivity contribution in [2.24, 2.45) is 5.73 Å². The number of rotatable bonds is 2. The van der Waals surface area contributed by atoms with Gasteiger partial charge in [-0.1, -0.05) is 23.8 Å². The van der Waals surface area contributed by atoms with E-state index in [4.69, 9.17) is 26.8 Å². The molecule has 0 atom stereocenters. The molecule has 0 aromatic heterocycles. The molecule has 1 aromatic rings. The van der Waals surface area contributed by atoms with Gasteiger partial charge in [0.1, 0.15) is 0 Å². The van der Waals surface area contributed by atoms with Gasteiger partial charge in [-0.3, -0.25) is 0 Å². The van der Waals surface area contributed by atoms with E-state index >= 15 is 0 Å². The summed E-state index contributed by atoms with van der Waals surface area (Å²) in [5, 5.41) is 0.580. The molecule has 0 saturated heterocycles. The monoisotopic (exact) mass is 239 g/mol. The molecule has 0 saturated carbocycles. The highest BCUT2D eigenvalue weighted by molar-refractivity contribution is 6.32. The molecule has 0 unspecified atom stereocenters. The van der Waals surface area contributed by atoms with Crippen LogP contribution in [0, 0.1) is 0 Å². The first-order valence-corrected chi connectivity index (χ1v) is 5.65. The van der Waals surface area contributed by atoms with Crippen LogP contribution in [0.3, 0.4) is 0 Å². The van der Waals surface area contributed by atoms with E-state index in [1.54, 1.807) is 0 Å². The quantitative estimate of drug-likeness (QED) is 0.862. The third-order valence-corrected chi connectivity index (χ3v) is 2.55. The molecular weight excluding hydrogens is 226 g/mol. The molecule has 1 heterocycles. The summed E-state index contributed by atoms with van der Waals surface area (Å²) in [6, 6.07) is 3.76. The van der Waals surface area contributed by atoms with Gasteiger partial charge < -0.3 is 15.2 Å². The van der Waals surface area contributed by atoms with Crippen molar-refractivity contribution in [3.8, 4) is 11.5 Å². The van der Waals surface area contributed by atoms with Crippen molar-refractivity contribution >= 4 is 17.7 Å². The van der Waals surface area contributed by atoms with Crippen LogP contribution in [0.1, 0.15) is 12.0 Å². The zero-order valence-corrected chi connectivity index (χ0v) is 9.67. The summed E-state index contributed by atoms with van der Waals surface area (Å²) in [6.07, 6.45) is 4.66. The van der Waals surface area contributed by atoms with Crippen LogP contribution in [-0.2, 0) is 0 Å². The average Bonchev–Trinajstić information content (AvgIpc) is 2.51. The van der Waals surface area contributed by atoms with Crippen molar-refractivity contribution in [1.29, 1.82) is 0 Å². The number of hydrogen-bond acceptors (Lipinski definition) is 3. The van der Waals surface area contributed by atoms with Gasteiger partial charge in [-0.15, -0.1) is 0 Å². The summed E-state index contributed by atoms with van der Waals surface area (Å²) in [5.41, 5.74) is 6.37. The van der Waals surface area contributed by atoms with Crippen LogP contribution in [0.2, 0.25) is 5.02 Å². The van der Waals surface area contributed by atoms with Crippen LogP contribution < -0.4 is 15.2 Å². The van der Waals surface area contributed by atoms with Gasteiger partial charge in [0.05, 0.1) is 18.2 Å². The van der Waals surface area contributed by atoms with Crippen LogP contribution in [0.4, 0.5) is 0 Å². The van der Waals surface area contributed by atoms with E-state index in [0.717, 1.165) is 12.0 Å². The summed E-state index contributed by atoms with van der Waals surface area (Å²) in [6.45, 7) is 1.81. The summed E-state index contributed by atoms with van der Waals surface area (Å²) in [5.74, 6) is 1.35. The maximum absolute atomic E-state index is 6.13. The van der Waals surface area contributed by atoms with Crippen molar-refractivity contribution in [2.75, 3.05) is 19.8 Å². The van der Waals surface area contributed by atoms with Crippen LogP contribution in [0.25, 0.3) is 6.08 Å². The number of hydrogen-bond donors (Lipinski definition) is 1. The van der Waals surface area contributed by atoms with Crippen molar-refractivity contribution in [3.63, 3.8) is 0 Å². The Kier molecular flexibility index (Phi) is 3.70. The van der Waals surface area contributed by atoms with E-state index in [9.17, 15) is 0 Å². The number of benzene rings is 1. The summed E-state index contributed by atoms with van der Waals surface area (Å²) in [7, 11) is 0. The zero-order chi connectivity index (χ0) is 11.4. The fraction of sp³-hybridized carbons (Fsp3) is 0.333. The molecule has 0 bridgehead atoms. The highest BCUT2D eigenvalue weighted by Gasteiger charge is 2.14. The van der Waals surface area contributed by atoms with E-state index in [-0.39, 0.29) is 0 Å². The van der Waals surface area contributed by atoms with E-state index in [2.05, 4.69) is 0 Å². The minimum absolute atomic E-state index is 0.506. The molecule has 0 amide bonds. The Hall–Kier alpha value is -1.19. The predicted octanol–water partition coefficient (Wildman–Crippen LogP) is 2.47. The van der Waals surface area contributed by atoms with Crippen LogP contribution >= 0.6 is 11.6 Å². The minimum atomic E-state index is 0.506.